The van der Waals surface area contributed by atoms with Crippen LogP contribution in [-0.2, 0) is 22.1 Å². The summed E-state index contributed by atoms with van der Waals surface area (Å²) in [5.41, 5.74) is -1.44. The number of aryl methyl sites for hydroxylation is 2. The van der Waals surface area contributed by atoms with Gasteiger partial charge in [-0.25, -0.2) is 9.48 Å². The summed E-state index contributed by atoms with van der Waals surface area (Å²) in [6.45, 7) is 3.13. The third-order valence-corrected chi connectivity index (χ3v) is 4.29. The van der Waals surface area contributed by atoms with Crippen molar-refractivity contribution < 1.29 is 32.0 Å². The third-order valence-electron chi connectivity index (χ3n) is 4.29. The molecule has 0 bridgehead atoms. The number of hydrogen-bond donors (Lipinski definition) is 1. The van der Waals surface area contributed by atoms with E-state index in [0.29, 0.717) is 34.9 Å². The van der Waals surface area contributed by atoms with Gasteiger partial charge in [0.05, 0.1) is 18.5 Å². The van der Waals surface area contributed by atoms with Gasteiger partial charge in [0.2, 0.25) is 11.8 Å². The molecule has 3 aromatic rings. The number of rotatable bonds is 8. The van der Waals surface area contributed by atoms with Crippen molar-refractivity contribution in [2.45, 2.75) is 39.3 Å². The summed E-state index contributed by atoms with van der Waals surface area (Å²) in [5.74, 6) is -0.411. The van der Waals surface area contributed by atoms with Crippen LogP contribution >= 0.6 is 0 Å². The normalized spacial score (nSPS) is 11.4. The minimum atomic E-state index is -4.83. The molecule has 0 saturated heterocycles. The Morgan fingerprint density at radius 3 is 2.53 bits per heavy atom. The summed E-state index contributed by atoms with van der Waals surface area (Å²) in [6.07, 6.45) is -2.87. The summed E-state index contributed by atoms with van der Waals surface area (Å²) < 4.78 is 51.0. The van der Waals surface area contributed by atoms with Crippen LogP contribution in [0.4, 0.5) is 18.9 Å². The topological polar surface area (TPSA) is 112 Å². The Bertz CT molecular complexity index is 1090. The summed E-state index contributed by atoms with van der Waals surface area (Å²) >= 11 is 0. The second-order valence-corrected chi connectivity index (χ2v) is 6.72. The molecule has 0 radical (unpaired) electrons. The number of halogens is 3. The maximum absolute atomic E-state index is 13.6. The molecule has 1 amide bonds. The Morgan fingerprint density at radius 2 is 1.94 bits per heavy atom. The first-order valence-electron chi connectivity index (χ1n) is 9.71. The van der Waals surface area contributed by atoms with Gasteiger partial charge in [0.15, 0.2) is 11.5 Å². The van der Waals surface area contributed by atoms with E-state index in [4.69, 9.17) is 4.52 Å². The predicted octanol–water partition coefficient (Wildman–Crippen LogP) is 3.72. The number of ether oxygens (including phenoxy) is 1. The highest BCUT2D eigenvalue weighted by atomic mass is 19.4. The van der Waals surface area contributed by atoms with E-state index in [0.717, 1.165) is 6.20 Å². The molecule has 0 fully saturated rings. The highest BCUT2D eigenvalue weighted by Gasteiger charge is 2.41. The summed E-state index contributed by atoms with van der Waals surface area (Å²) in [7, 11) is 0. The van der Waals surface area contributed by atoms with E-state index in [1.54, 1.807) is 6.92 Å². The average molecular weight is 451 g/mol. The molecule has 0 aliphatic rings. The molecule has 170 valence electrons. The highest BCUT2D eigenvalue weighted by Crippen LogP contribution is 2.34. The lowest BCUT2D eigenvalue weighted by Crippen LogP contribution is -2.18. The molecule has 0 saturated carbocycles. The lowest BCUT2D eigenvalue weighted by molar-refractivity contribution is -0.143. The second-order valence-electron chi connectivity index (χ2n) is 6.72. The molecular weight excluding hydrogens is 431 g/mol. The molecule has 2 heterocycles. The number of nitrogens with zero attached hydrogens (tertiary/aromatic N) is 4. The Hall–Kier alpha value is -3.70. The lowest BCUT2D eigenvalue weighted by atomic mass is 10.2. The van der Waals surface area contributed by atoms with E-state index in [2.05, 4.69) is 25.3 Å². The number of carbonyl (C=O) groups excluding carboxylic acids is 2. The summed E-state index contributed by atoms with van der Waals surface area (Å²) in [5, 5.41) is 10.0. The Kier molecular flexibility index (Phi) is 6.91. The average Bonchev–Trinajstić information content (AvgIpc) is 3.35. The van der Waals surface area contributed by atoms with Crippen LogP contribution in [0.3, 0.4) is 0 Å². The van der Waals surface area contributed by atoms with Crippen molar-refractivity contribution in [2.75, 3.05) is 11.9 Å². The number of benzene rings is 1. The number of nitrogens with one attached hydrogen (secondary N) is 1. The number of anilines is 1. The molecule has 0 aliphatic carbocycles. The first-order valence-corrected chi connectivity index (χ1v) is 9.71. The number of alkyl halides is 3. The Balaban J connectivity index is 1.67. The van der Waals surface area contributed by atoms with Crippen LogP contribution in [0.1, 0.15) is 47.5 Å². The number of aromatic nitrogens is 4. The molecule has 1 N–H and O–H groups in total. The molecular formula is C20H20F3N5O4. The third kappa shape index (κ3) is 5.50. The lowest BCUT2D eigenvalue weighted by Gasteiger charge is -2.13. The zero-order valence-electron chi connectivity index (χ0n) is 17.3. The molecule has 2 aromatic heterocycles. The van der Waals surface area contributed by atoms with Crippen molar-refractivity contribution >= 4 is 17.6 Å². The minimum Gasteiger partial charge on any atom is -0.462 e. The Labute approximate surface area is 180 Å². The van der Waals surface area contributed by atoms with E-state index < -0.39 is 23.4 Å². The summed E-state index contributed by atoms with van der Waals surface area (Å²) in [4.78, 5) is 28.0. The first kappa shape index (κ1) is 23.0. The fourth-order valence-corrected chi connectivity index (χ4v) is 2.93. The minimum absolute atomic E-state index is 0.0652. The monoisotopic (exact) mass is 451 g/mol. The SMILES string of the molecule is CCOC(=O)c1cnn(-c2ccc(NC(=O)CCCc3nc(C)no3)cc2)c1C(F)(F)F. The van der Waals surface area contributed by atoms with Crippen molar-refractivity contribution in [3.63, 3.8) is 0 Å². The van der Waals surface area contributed by atoms with Crippen LogP contribution in [-0.4, -0.2) is 38.4 Å². The molecule has 9 nitrogen and oxygen atoms in total. The maximum Gasteiger partial charge on any atom is 0.434 e. The molecule has 32 heavy (non-hydrogen) atoms. The van der Waals surface area contributed by atoms with Crippen LogP contribution in [0.5, 0.6) is 0 Å². The first-order chi connectivity index (χ1) is 15.2. The van der Waals surface area contributed by atoms with Gasteiger partial charge >= 0.3 is 12.1 Å². The summed E-state index contributed by atoms with van der Waals surface area (Å²) in [6, 6.07) is 5.60. The zero-order chi connectivity index (χ0) is 23.3. The van der Waals surface area contributed by atoms with Crippen LogP contribution in [0.15, 0.2) is 35.0 Å². The highest BCUT2D eigenvalue weighted by molar-refractivity contribution is 5.91. The van der Waals surface area contributed by atoms with Gasteiger partial charge in [-0.05, 0) is 44.5 Å². The van der Waals surface area contributed by atoms with E-state index in [9.17, 15) is 22.8 Å². The van der Waals surface area contributed by atoms with Crippen molar-refractivity contribution in [3.8, 4) is 5.69 Å². The van der Waals surface area contributed by atoms with Crippen molar-refractivity contribution in [1.82, 2.24) is 19.9 Å². The van der Waals surface area contributed by atoms with Gasteiger partial charge in [-0.1, -0.05) is 5.16 Å². The predicted molar refractivity (Wildman–Crippen MR) is 105 cm³/mol. The van der Waals surface area contributed by atoms with Gasteiger partial charge in [-0.2, -0.15) is 23.3 Å². The molecule has 0 aliphatic heterocycles. The molecule has 3 rings (SSSR count). The van der Waals surface area contributed by atoms with Gasteiger partial charge in [0, 0.05) is 18.5 Å². The Morgan fingerprint density at radius 1 is 1.22 bits per heavy atom. The number of carbonyl (C=O) groups is 2. The van der Waals surface area contributed by atoms with E-state index in [1.807, 2.05) is 0 Å². The number of amides is 1. The standard InChI is InChI=1S/C20H20F3N5O4/c1-3-31-19(30)15-11-24-28(18(15)20(21,22)23)14-9-7-13(8-10-14)26-16(29)5-4-6-17-25-12(2)27-32-17/h7-11H,3-6H2,1-2H3,(H,26,29). The largest absolute Gasteiger partial charge is 0.462 e. The smallest absolute Gasteiger partial charge is 0.434 e. The molecule has 0 atom stereocenters. The van der Waals surface area contributed by atoms with Crippen LogP contribution in [0, 0.1) is 6.92 Å². The molecule has 0 unspecified atom stereocenters. The fourth-order valence-electron chi connectivity index (χ4n) is 2.93. The van der Waals surface area contributed by atoms with Gasteiger partial charge in [-0.3, -0.25) is 4.79 Å². The fraction of sp³-hybridized carbons (Fsp3) is 0.350. The maximum atomic E-state index is 13.6. The molecule has 0 spiro atoms. The van der Waals surface area contributed by atoms with Gasteiger partial charge in [-0.15, -0.1) is 0 Å². The van der Waals surface area contributed by atoms with Crippen LogP contribution in [0.2, 0.25) is 0 Å². The second kappa shape index (κ2) is 9.62. The molecule has 1 aromatic carbocycles. The van der Waals surface area contributed by atoms with Crippen molar-refractivity contribution in [1.29, 1.82) is 0 Å². The van der Waals surface area contributed by atoms with E-state index >= 15 is 0 Å². The quantitative estimate of drug-likeness (QED) is 0.520. The van der Waals surface area contributed by atoms with Crippen molar-refractivity contribution in [3.05, 3.63) is 53.4 Å². The number of hydrogen-bond acceptors (Lipinski definition) is 7. The van der Waals surface area contributed by atoms with Gasteiger partial charge in [0.1, 0.15) is 5.56 Å². The van der Waals surface area contributed by atoms with Gasteiger partial charge in [0.25, 0.3) is 0 Å². The van der Waals surface area contributed by atoms with E-state index in [1.165, 1.54) is 31.2 Å². The van der Waals surface area contributed by atoms with Crippen LogP contribution in [0.25, 0.3) is 5.69 Å². The van der Waals surface area contributed by atoms with Crippen molar-refractivity contribution in [2.24, 2.45) is 0 Å². The molecule has 12 heteroatoms. The van der Waals surface area contributed by atoms with Gasteiger partial charge < -0.3 is 14.6 Å². The van der Waals surface area contributed by atoms with Crippen LogP contribution < -0.4 is 5.32 Å². The number of esters is 1. The zero-order valence-corrected chi connectivity index (χ0v) is 17.3. The van der Waals surface area contributed by atoms with E-state index in [-0.39, 0.29) is 24.6 Å².